The highest BCUT2D eigenvalue weighted by Gasteiger charge is 2.34. The summed E-state index contributed by atoms with van der Waals surface area (Å²) in [6, 6.07) is 14.6. The van der Waals surface area contributed by atoms with Crippen molar-refractivity contribution in [2.45, 2.75) is 51.1 Å². The molecule has 0 aliphatic carbocycles. The summed E-state index contributed by atoms with van der Waals surface area (Å²) in [4.78, 5) is 28.6. The molecule has 41 heavy (non-hydrogen) atoms. The first-order chi connectivity index (χ1) is 19.4. The highest BCUT2D eigenvalue weighted by Crippen LogP contribution is 2.33. The molecule has 220 valence electrons. The summed E-state index contributed by atoms with van der Waals surface area (Å²) in [7, 11) is -4.29. The van der Waals surface area contributed by atoms with E-state index in [1.54, 1.807) is 37.3 Å². The molecule has 0 aromatic heterocycles. The van der Waals surface area contributed by atoms with Crippen molar-refractivity contribution in [3.8, 4) is 0 Å². The lowest BCUT2D eigenvalue weighted by molar-refractivity contribution is -0.140. The molecular formula is C29H31Cl4N3O4S. The van der Waals surface area contributed by atoms with E-state index in [1.807, 2.05) is 13.8 Å². The second-order valence-corrected chi connectivity index (χ2v) is 12.9. The highest BCUT2D eigenvalue weighted by molar-refractivity contribution is 7.92. The SMILES string of the molecule is CCCNC(=O)C(CC)N(Cc1ccc(Cl)c(Cl)c1)C(=O)CN(c1cc(Cl)ccc1Cl)S(=O)(=O)c1ccc(C)cc1. The number of rotatable bonds is 12. The minimum atomic E-state index is -4.29. The van der Waals surface area contributed by atoms with Crippen LogP contribution in [0.3, 0.4) is 0 Å². The van der Waals surface area contributed by atoms with Crippen molar-refractivity contribution in [2.75, 3.05) is 17.4 Å². The fourth-order valence-electron chi connectivity index (χ4n) is 4.15. The zero-order chi connectivity index (χ0) is 30.3. The summed E-state index contributed by atoms with van der Waals surface area (Å²) in [6.45, 7) is 5.30. The summed E-state index contributed by atoms with van der Waals surface area (Å²) in [5, 5.41) is 3.78. The van der Waals surface area contributed by atoms with Crippen LogP contribution in [0, 0.1) is 6.92 Å². The predicted molar refractivity (Wildman–Crippen MR) is 167 cm³/mol. The van der Waals surface area contributed by atoms with E-state index in [-0.39, 0.29) is 44.5 Å². The molecule has 0 saturated carbocycles. The van der Waals surface area contributed by atoms with E-state index in [0.717, 1.165) is 9.87 Å². The van der Waals surface area contributed by atoms with Crippen molar-refractivity contribution in [1.29, 1.82) is 0 Å². The molecule has 0 fully saturated rings. The molecule has 0 spiro atoms. The highest BCUT2D eigenvalue weighted by atomic mass is 35.5. The Hall–Kier alpha value is -2.49. The van der Waals surface area contributed by atoms with E-state index in [1.165, 1.54) is 35.2 Å². The minimum absolute atomic E-state index is 0.0184. The second kappa shape index (κ2) is 14.6. The van der Waals surface area contributed by atoms with E-state index in [9.17, 15) is 18.0 Å². The van der Waals surface area contributed by atoms with Gasteiger partial charge in [0.15, 0.2) is 0 Å². The standard InChI is InChI=1S/C29H31Cl4N3O4S/c1-4-14-34-29(38)26(5-2)35(17-20-8-12-23(31)25(33)15-20)28(37)18-36(27-16-21(30)9-13-24(27)32)41(39,40)22-10-6-19(3)7-11-22/h6-13,15-16,26H,4-5,14,17-18H2,1-3H3,(H,34,38). The average molecular weight is 659 g/mol. The summed E-state index contributed by atoms with van der Waals surface area (Å²) in [5.41, 5.74) is 1.51. The first-order valence-electron chi connectivity index (χ1n) is 12.9. The van der Waals surface area contributed by atoms with E-state index in [4.69, 9.17) is 46.4 Å². The Balaban J connectivity index is 2.11. The number of amides is 2. The Morgan fingerprint density at radius 3 is 2.15 bits per heavy atom. The monoisotopic (exact) mass is 657 g/mol. The van der Waals surface area contributed by atoms with Gasteiger partial charge in [0.1, 0.15) is 12.6 Å². The molecule has 1 unspecified atom stereocenters. The number of hydrogen-bond donors (Lipinski definition) is 1. The van der Waals surface area contributed by atoms with Gasteiger partial charge in [-0.25, -0.2) is 8.42 Å². The van der Waals surface area contributed by atoms with Crippen LogP contribution in [0.25, 0.3) is 0 Å². The third-order valence-corrected chi connectivity index (χ3v) is 9.40. The molecular weight excluding hydrogens is 628 g/mol. The quantitative estimate of drug-likeness (QED) is 0.224. The molecule has 3 aromatic carbocycles. The van der Waals surface area contributed by atoms with E-state index in [2.05, 4.69) is 5.32 Å². The van der Waals surface area contributed by atoms with Gasteiger partial charge >= 0.3 is 0 Å². The molecule has 1 N–H and O–H groups in total. The molecule has 0 saturated heterocycles. The van der Waals surface area contributed by atoms with Crippen LogP contribution in [0.5, 0.6) is 0 Å². The number of halogens is 4. The molecule has 2 amide bonds. The zero-order valence-corrected chi connectivity index (χ0v) is 26.7. The fourth-order valence-corrected chi connectivity index (χ4v) is 6.33. The van der Waals surface area contributed by atoms with Crippen molar-refractivity contribution in [2.24, 2.45) is 0 Å². The van der Waals surface area contributed by atoms with Gasteiger partial charge in [0, 0.05) is 18.1 Å². The summed E-state index contributed by atoms with van der Waals surface area (Å²) in [5.74, 6) is -0.974. The Kier molecular flexibility index (Phi) is 11.8. The predicted octanol–water partition coefficient (Wildman–Crippen LogP) is 7.14. The Morgan fingerprint density at radius 2 is 1.54 bits per heavy atom. The molecule has 3 aromatic rings. The fraction of sp³-hybridized carbons (Fsp3) is 0.310. The summed E-state index contributed by atoms with van der Waals surface area (Å²) >= 11 is 25.0. The minimum Gasteiger partial charge on any atom is -0.354 e. The summed E-state index contributed by atoms with van der Waals surface area (Å²) in [6.07, 6.45) is 0.990. The molecule has 3 rings (SSSR count). The molecule has 12 heteroatoms. The van der Waals surface area contributed by atoms with Crippen molar-refractivity contribution in [3.63, 3.8) is 0 Å². The van der Waals surface area contributed by atoms with Gasteiger partial charge in [-0.15, -0.1) is 0 Å². The molecule has 0 bridgehead atoms. The smallest absolute Gasteiger partial charge is 0.264 e. The third kappa shape index (κ3) is 8.30. The van der Waals surface area contributed by atoms with Gasteiger partial charge in [0.25, 0.3) is 10.0 Å². The molecule has 0 aliphatic rings. The Labute approximate surface area is 261 Å². The van der Waals surface area contributed by atoms with Crippen LogP contribution in [0.15, 0.2) is 65.6 Å². The number of nitrogens with one attached hydrogen (secondary N) is 1. The van der Waals surface area contributed by atoms with Crippen LogP contribution in [0.2, 0.25) is 20.1 Å². The first-order valence-corrected chi connectivity index (χ1v) is 15.9. The maximum absolute atomic E-state index is 14.1. The normalized spacial score (nSPS) is 12.1. The second-order valence-electron chi connectivity index (χ2n) is 9.41. The maximum Gasteiger partial charge on any atom is 0.264 e. The van der Waals surface area contributed by atoms with Gasteiger partial charge < -0.3 is 10.2 Å². The van der Waals surface area contributed by atoms with E-state index in [0.29, 0.717) is 23.6 Å². The number of hydrogen-bond acceptors (Lipinski definition) is 4. The lowest BCUT2D eigenvalue weighted by Crippen LogP contribution is -2.52. The number of nitrogens with zero attached hydrogens (tertiary/aromatic N) is 2. The van der Waals surface area contributed by atoms with Crippen LogP contribution in [0.1, 0.15) is 37.8 Å². The number of sulfonamides is 1. The number of anilines is 1. The Bertz CT molecular complexity index is 1500. The zero-order valence-electron chi connectivity index (χ0n) is 22.8. The summed E-state index contributed by atoms with van der Waals surface area (Å²) < 4.78 is 28.8. The van der Waals surface area contributed by atoms with Gasteiger partial charge in [-0.2, -0.15) is 0 Å². The third-order valence-electron chi connectivity index (χ3n) is 6.34. The van der Waals surface area contributed by atoms with Crippen LogP contribution < -0.4 is 9.62 Å². The van der Waals surface area contributed by atoms with E-state index >= 15 is 0 Å². The van der Waals surface area contributed by atoms with Crippen molar-refractivity contribution in [3.05, 3.63) is 91.9 Å². The molecule has 7 nitrogen and oxygen atoms in total. The van der Waals surface area contributed by atoms with E-state index < -0.39 is 28.5 Å². The van der Waals surface area contributed by atoms with Crippen molar-refractivity contribution >= 4 is 73.9 Å². The number of carbonyl (C=O) groups is 2. The van der Waals surface area contributed by atoms with Crippen LogP contribution in [-0.4, -0.2) is 44.3 Å². The molecule has 0 aliphatic heterocycles. The van der Waals surface area contributed by atoms with Gasteiger partial charge in [0.2, 0.25) is 11.8 Å². The van der Waals surface area contributed by atoms with Gasteiger partial charge in [-0.05, 0) is 67.8 Å². The van der Waals surface area contributed by atoms with Crippen molar-refractivity contribution < 1.29 is 18.0 Å². The number of benzene rings is 3. The maximum atomic E-state index is 14.1. The number of aryl methyl sites for hydroxylation is 1. The average Bonchev–Trinajstić information content (AvgIpc) is 2.93. The number of carbonyl (C=O) groups excluding carboxylic acids is 2. The van der Waals surface area contributed by atoms with Crippen LogP contribution in [0.4, 0.5) is 5.69 Å². The molecule has 0 heterocycles. The van der Waals surface area contributed by atoms with Gasteiger partial charge in [-0.1, -0.05) is 84.0 Å². The van der Waals surface area contributed by atoms with Gasteiger partial charge in [-0.3, -0.25) is 13.9 Å². The lowest BCUT2D eigenvalue weighted by atomic mass is 10.1. The molecule has 1 atom stereocenters. The lowest BCUT2D eigenvalue weighted by Gasteiger charge is -2.33. The van der Waals surface area contributed by atoms with Gasteiger partial charge in [0.05, 0.1) is 25.7 Å². The largest absolute Gasteiger partial charge is 0.354 e. The Morgan fingerprint density at radius 1 is 0.878 bits per heavy atom. The van der Waals surface area contributed by atoms with Crippen LogP contribution >= 0.6 is 46.4 Å². The topological polar surface area (TPSA) is 86.8 Å². The van der Waals surface area contributed by atoms with Crippen molar-refractivity contribution in [1.82, 2.24) is 10.2 Å². The molecule has 0 radical (unpaired) electrons. The van der Waals surface area contributed by atoms with Crippen LogP contribution in [-0.2, 0) is 26.2 Å². The first kappa shape index (κ1) is 33.0.